The summed E-state index contributed by atoms with van der Waals surface area (Å²) in [5, 5.41) is 7.46. The number of rotatable bonds is 4. The molecule has 0 saturated carbocycles. The van der Waals surface area contributed by atoms with E-state index in [1.807, 2.05) is 0 Å². The second kappa shape index (κ2) is 5.18. The Labute approximate surface area is 114 Å². The van der Waals surface area contributed by atoms with Crippen molar-refractivity contribution in [1.29, 1.82) is 0 Å². The number of benzene rings is 1. The summed E-state index contributed by atoms with van der Waals surface area (Å²) in [5.74, 6) is 1.34. The van der Waals surface area contributed by atoms with Crippen molar-refractivity contribution >= 4 is 19.7 Å². The van der Waals surface area contributed by atoms with Gasteiger partial charge in [-0.3, -0.25) is 0 Å². The van der Waals surface area contributed by atoms with Crippen LogP contribution < -0.4 is 4.74 Å². The average Bonchev–Trinajstić information content (AvgIpc) is 2.72. The molecule has 0 spiro atoms. The summed E-state index contributed by atoms with van der Waals surface area (Å²) in [4.78, 5) is 0.0349. The first-order chi connectivity index (χ1) is 8.86. The zero-order valence-electron chi connectivity index (χ0n) is 10.3. The van der Waals surface area contributed by atoms with Crippen molar-refractivity contribution in [3.8, 4) is 5.75 Å². The molecular formula is C11H11ClN2O4S. The van der Waals surface area contributed by atoms with Crippen molar-refractivity contribution in [2.45, 2.75) is 25.3 Å². The van der Waals surface area contributed by atoms with Gasteiger partial charge in [-0.05, 0) is 30.7 Å². The van der Waals surface area contributed by atoms with E-state index in [0.717, 1.165) is 0 Å². The third-order valence-electron chi connectivity index (χ3n) is 2.35. The molecule has 0 aliphatic rings. The SMILES string of the molecule is Cc1nnc(COc2ccc(S(=O)(=O)Cl)cc2C)o1. The van der Waals surface area contributed by atoms with Crippen LogP contribution >= 0.6 is 10.7 Å². The number of aryl methyl sites for hydroxylation is 2. The molecule has 1 aromatic carbocycles. The van der Waals surface area contributed by atoms with E-state index in [0.29, 0.717) is 23.1 Å². The maximum atomic E-state index is 11.2. The summed E-state index contributed by atoms with van der Waals surface area (Å²) in [5.41, 5.74) is 0.651. The Morgan fingerprint density at radius 3 is 2.58 bits per heavy atom. The first-order valence-electron chi connectivity index (χ1n) is 5.33. The predicted octanol–water partition coefficient (Wildman–Crippen LogP) is 2.19. The Bertz CT molecular complexity index is 696. The minimum atomic E-state index is -3.73. The van der Waals surface area contributed by atoms with E-state index >= 15 is 0 Å². The second-order valence-corrected chi connectivity index (χ2v) is 6.43. The van der Waals surface area contributed by atoms with Crippen LogP contribution in [0.25, 0.3) is 0 Å². The standard InChI is InChI=1S/C11H11ClN2O4S/c1-7-5-9(19(12,15)16)3-4-10(7)17-6-11-14-13-8(2)18-11/h3-5H,6H2,1-2H3. The molecule has 2 aromatic rings. The molecule has 0 aliphatic heterocycles. The minimum absolute atomic E-state index is 0.0349. The van der Waals surface area contributed by atoms with Crippen molar-refractivity contribution in [2.24, 2.45) is 0 Å². The quantitative estimate of drug-likeness (QED) is 0.805. The van der Waals surface area contributed by atoms with Crippen molar-refractivity contribution in [2.75, 3.05) is 0 Å². The van der Waals surface area contributed by atoms with Crippen molar-refractivity contribution in [1.82, 2.24) is 10.2 Å². The van der Waals surface area contributed by atoms with Crippen molar-refractivity contribution < 1.29 is 17.6 Å². The summed E-state index contributed by atoms with van der Waals surface area (Å²) < 4.78 is 33.0. The lowest BCUT2D eigenvalue weighted by Crippen LogP contribution is -1.99. The molecule has 6 nitrogen and oxygen atoms in total. The van der Waals surface area contributed by atoms with E-state index in [9.17, 15) is 8.42 Å². The maximum absolute atomic E-state index is 11.2. The van der Waals surface area contributed by atoms with Crippen LogP contribution in [-0.4, -0.2) is 18.6 Å². The molecule has 0 amide bonds. The summed E-state index contributed by atoms with van der Waals surface area (Å²) in [7, 11) is 1.53. The average molecular weight is 303 g/mol. The summed E-state index contributed by atoms with van der Waals surface area (Å²) in [6.45, 7) is 3.52. The lowest BCUT2D eigenvalue weighted by Gasteiger charge is -2.07. The van der Waals surface area contributed by atoms with Gasteiger partial charge in [-0.25, -0.2) is 8.42 Å². The zero-order chi connectivity index (χ0) is 14.0. The number of hydrogen-bond donors (Lipinski definition) is 0. The normalized spacial score (nSPS) is 11.5. The van der Waals surface area contributed by atoms with E-state index in [-0.39, 0.29) is 11.5 Å². The number of ether oxygens (including phenoxy) is 1. The Morgan fingerprint density at radius 1 is 1.32 bits per heavy atom. The molecule has 0 N–H and O–H groups in total. The molecule has 0 bridgehead atoms. The van der Waals surface area contributed by atoms with Crippen LogP contribution in [0.15, 0.2) is 27.5 Å². The van der Waals surface area contributed by atoms with Gasteiger partial charge in [-0.1, -0.05) is 0 Å². The first kappa shape index (κ1) is 13.8. The number of aromatic nitrogens is 2. The molecule has 0 saturated heterocycles. The molecule has 2 rings (SSSR count). The van der Waals surface area contributed by atoms with Crippen LogP contribution in [0.2, 0.25) is 0 Å². The molecule has 1 heterocycles. The van der Waals surface area contributed by atoms with Gasteiger partial charge in [-0.2, -0.15) is 0 Å². The zero-order valence-corrected chi connectivity index (χ0v) is 11.8. The third kappa shape index (κ3) is 3.45. The molecule has 0 radical (unpaired) electrons. The van der Waals surface area contributed by atoms with Gasteiger partial charge in [0.15, 0.2) is 6.61 Å². The van der Waals surface area contributed by atoms with Crippen LogP contribution in [-0.2, 0) is 15.7 Å². The van der Waals surface area contributed by atoms with Gasteiger partial charge in [0.2, 0.25) is 5.89 Å². The fourth-order valence-corrected chi connectivity index (χ4v) is 2.31. The molecular weight excluding hydrogens is 292 g/mol. The van der Waals surface area contributed by atoms with Gasteiger partial charge in [-0.15, -0.1) is 10.2 Å². The third-order valence-corrected chi connectivity index (χ3v) is 3.70. The van der Waals surface area contributed by atoms with Crippen LogP contribution in [0, 0.1) is 13.8 Å². The highest BCUT2D eigenvalue weighted by molar-refractivity contribution is 8.13. The predicted molar refractivity (Wildman–Crippen MR) is 67.6 cm³/mol. The van der Waals surface area contributed by atoms with Gasteiger partial charge in [0.05, 0.1) is 4.90 Å². The van der Waals surface area contributed by atoms with Gasteiger partial charge in [0, 0.05) is 17.6 Å². The maximum Gasteiger partial charge on any atom is 0.261 e. The van der Waals surface area contributed by atoms with Crippen molar-refractivity contribution in [3.05, 3.63) is 35.5 Å². The highest BCUT2D eigenvalue weighted by Gasteiger charge is 2.12. The fraction of sp³-hybridized carbons (Fsp3) is 0.273. The number of nitrogens with zero attached hydrogens (tertiary/aromatic N) is 2. The van der Waals surface area contributed by atoms with Gasteiger partial charge >= 0.3 is 0 Å². The monoisotopic (exact) mass is 302 g/mol. The summed E-state index contributed by atoms with van der Waals surface area (Å²) >= 11 is 0. The van der Waals surface area contributed by atoms with Gasteiger partial charge < -0.3 is 9.15 Å². The van der Waals surface area contributed by atoms with Gasteiger partial charge in [0.25, 0.3) is 14.9 Å². The van der Waals surface area contributed by atoms with E-state index < -0.39 is 9.05 Å². The molecule has 19 heavy (non-hydrogen) atoms. The molecule has 102 valence electrons. The molecule has 0 fully saturated rings. The van der Waals surface area contributed by atoms with E-state index in [1.165, 1.54) is 18.2 Å². The van der Waals surface area contributed by atoms with Crippen LogP contribution in [0.4, 0.5) is 0 Å². The molecule has 8 heteroatoms. The fourth-order valence-electron chi connectivity index (χ4n) is 1.47. The van der Waals surface area contributed by atoms with E-state index in [2.05, 4.69) is 10.2 Å². The molecule has 0 unspecified atom stereocenters. The lowest BCUT2D eigenvalue weighted by atomic mass is 10.2. The van der Waals surface area contributed by atoms with E-state index in [4.69, 9.17) is 19.8 Å². The second-order valence-electron chi connectivity index (χ2n) is 3.87. The topological polar surface area (TPSA) is 82.3 Å². The smallest absolute Gasteiger partial charge is 0.261 e. The Kier molecular flexibility index (Phi) is 3.77. The Hall–Kier alpha value is -1.60. The first-order valence-corrected chi connectivity index (χ1v) is 7.64. The largest absolute Gasteiger partial charge is 0.484 e. The molecule has 0 aliphatic carbocycles. The number of hydrogen-bond acceptors (Lipinski definition) is 6. The van der Waals surface area contributed by atoms with Crippen LogP contribution in [0.1, 0.15) is 17.3 Å². The van der Waals surface area contributed by atoms with Crippen molar-refractivity contribution in [3.63, 3.8) is 0 Å². The highest BCUT2D eigenvalue weighted by atomic mass is 35.7. The van der Waals surface area contributed by atoms with E-state index in [1.54, 1.807) is 13.8 Å². The number of halogens is 1. The summed E-state index contributed by atoms with van der Waals surface area (Å²) in [6, 6.07) is 4.36. The summed E-state index contributed by atoms with van der Waals surface area (Å²) in [6.07, 6.45) is 0. The Morgan fingerprint density at radius 2 is 2.05 bits per heavy atom. The minimum Gasteiger partial charge on any atom is -0.484 e. The lowest BCUT2D eigenvalue weighted by molar-refractivity contribution is 0.259. The van der Waals surface area contributed by atoms with Crippen LogP contribution in [0.3, 0.4) is 0 Å². The Balaban J connectivity index is 2.14. The molecule has 1 aromatic heterocycles. The highest BCUT2D eigenvalue weighted by Crippen LogP contribution is 2.24. The van der Waals surface area contributed by atoms with Crippen LogP contribution in [0.5, 0.6) is 5.75 Å². The van der Waals surface area contributed by atoms with Gasteiger partial charge in [0.1, 0.15) is 5.75 Å². The molecule has 0 atom stereocenters.